The SMILES string of the molecule is CCOC(=O)N1CCCC(C(=O)N(Cc2ccccc2F)C2CC2)C1. The molecule has 1 atom stereocenters. The van der Waals surface area contributed by atoms with Gasteiger partial charge in [-0.3, -0.25) is 4.79 Å². The summed E-state index contributed by atoms with van der Waals surface area (Å²) in [6.07, 6.45) is 3.12. The maximum absolute atomic E-state index is 14.0. The maximum atomic E-state index is 14.0. The van der Waals surface area contributed by atoms with Gasteiger partial charge in [0.25, 0.3) is 0 Å². The zero-order valence-electron chi connectivity index (χ0n) is 14.6. The van der Waals surface area contributed by atoms with Crippen LogP contribution in [0.25, 0.3) is 0 Å². The predicted molar refractivity (Wildman–Crippen MR) is 91.3 cm³/mol. The molecule has 1 aromatic rings. The number of carbonyl (C=O) groups is 2. The molecule has 1 aromatic carbocycles. The van der Waals surface area contributed by atoms with E-state index in [1.165, 1.54) is 6.07 Å². The lowest BCUT2D eigenvalue weighted by Crippen LogP contribution is -2.47. The largest absolute Gasteiger partial charge is 0.450 e. The van der Waals surface area contributed by atoms with Gasteiger partial charge in [-0.25, -0.2) is 9.18 Å². The first-order chi connectivity index (χ1) is 12.1. The summed E-state index contributed by atoms with van der Waals surface area (Å²) < 4.78 is 19.0. The number of nitrogens with zero attached hydrogens (tertiary/aromatic N) is 2. The van der Waals surface area contributed by atoms with E-state index < -0.39 is 0 Å². The van der Waals surface area contributed by atoms with E-state index in [2.05, 4.69) is 0 Å². The van der Waals surface area contributed by atoms with E-state index in [4.69, 9.17) is 4.74 Å². The van der Waals surface area contributed by atoms with E-state index in [0.29, 0.717) is 31.8 Å². The van der Waals surface area contributed by atoms with Gasteiger partial charge in [-0.05, 0) is 38.7 Å². The normalized spacial score (nSPS) is 20.2. The molecule has 3 rings (SSSR count). The molecule has 136 valence electrons. The second-order valence-corrected chi connectivity index (χ2v) is 6.77. The highest BCUT2D eigenvalue weighted by molar-refractivity contribution is 5.80. The predicted octanol–water partition coefficient (Wildman–Crippen LogP) is 3.19. The highest BCUT2D eigenvalue weighted by atomic mass is 19.1. The summed E-state index contributed by atoms with van der Waals surface area (Å²) in [5.74, 6) is -0.483. The average Bonchev–Trinajstić information content (AvgIpc) is 3.46. The highest BCUT2D eigenvalue weighted by Gasteiger charge is 2.38. The van der Waals surface area contributed by atoms with Gasteiger partial charge in [0.2, 0.25) is 5.91 Å². The molecule has 2 aliphatic rings. The molecular formula is C19H25FN2O3. The minimum atomic E-state index is -0.355. The van der Waals surface area contributed by atoms with E-state index in [1.807, 2.05) is 0 Å². The maximum Gasteiger partial charge on any atom is 0.409 e. The molecule has 1 saturated carbocycles. The van der Waals surface area contributed by atoms with Crippen LogP contribution in [0.3, 0.4) is 0 Å². The number of halogens is 1. The summed E-state index contributed by atoms with van der Waals surface area (Å²) in [6, 6.07) is 6.79. The molecule has 6 heteroatoms. The van der Waals surface area contributed by atoms with Crippen molar-refractivity contribution in [3.63, 3.8) is 0 Å². The summed E-state index contributed by atoms with van der Waals surface area (Å²) in [6.45, 7) is 3.41. The molecule has 0 radical (unpaired) electrons. The van der Waals surface area contributed by atoms with Crippen molar-refractivity contribution in [1.82, 2.24) is 9.80 Å². The van der Waals surface area contributed by atoms with Crippen LogP contribution in [0.15, 0.2) is 24.3 Å². The van der Waals surface area contributed by atoms with Gasteiger partial charge in [-0.1, -0.05) is 18.2 Å². The van der Waals surface area contributed by atoms with Crippen LogP contribution < -0.4 is 0 Å². The lowest BCUT2D eigenvalue weighted by atomic mass is 9.96. The molecule has 1 aliphatic heterocycles. The lowest BCUT2D eigenvalue weighted by molar-refractivity contribution is -0.138. The molecule has 5 nitrogen and oxygen atoms in total. The molecular weight excluding hydrogens is 323 g/mol. The molecule has 25 heavy (non-hydrogen) atoms. The van der Waals surface area contributed by atoms with Crippen LogP contribution in [0.4, 0.5) is 9.18 Å². The minimum absolute atomic E-state index is 0.0275. The van der Waals surface area contributed by atoms with Crippen LogP contribution >= 0.6 is 0 Å². The number of piperidine rings is 1. The van der Waals surface area contributed by atoms with E-state index >= 15 is 0 Å². The number of rotatable bonds is 5. The Morgan fingerprint density at radius 1 is 1.28 bits per heavy atom. The van der Waals surface area contributed by atoms with Crippen molar-refractivity contribution in [2.45, 2.75) is 45.2 Å². The number of ether oxygens (including phenoxy) is 1. The topological polar surface area (TPSA) is 49.9 Å². The number of benzene rings is 1. The Bertz CT molecular complexity index is 633. The zero-order chi connectivity index (χ0) is 17.8. The van der Waals surface area contributed by atoms with Crippen LogP contribution in [0, 0.1) is 11.7 Å². The van der Waals surface area contributed by atoms with Gasteiger partial charge in [0.05, 0.1) is 12.5 Å². The molecule has 0 N–H and O–H groups in total. The fourth-order valence-corrected chi connectivity index (χ4v) is 3.38. The van der Waals surface area contributed by atoms with Crippen LogP contribution in [-0.4, -0.2) is 47.5 Å². The Kier molecular flexibility index (Phi) is 5.56. The Balaban J connectivity index is 1.68. The molecule has 0 aromatic heterocycles. The lowest BCUT2D eigenvalue weighted by Gasteiger charge is -2.34. The molecule has 2 amide bonds. The molecule has 1 unspecified atom stereocenters. The number of hydrogen-bond donors (Lipinski definition) is 0. The van der Waals surface area contributed by atoms with E-state index in [9.17, 15) is 14.0 Å². The van der Waals surface area contributed by atoms with Crippen LogP contribution in [0.2, 0.25) is 0 Å². The summed E-state index contributed by atoms with van der Waals surface area (Å²) in [7, 11) is 0. The smallest absolute Gasteiger partial charge is 0.409 e. The van der Waals surface area contributed by atoms with Crippen molar-refractivity contribution in [2.75, 3.05) is 19.7 Å². The van der Waals surface area contributed by atoms with Gasteiger partial charge in [0, 0.05) is 31.2 Å². The van der Waals surface area contributed by atoms with Crippen molar-refractivity contribution < 1.29 is 18.7 Å². The number of likely N-dealkylation sites (tertiary alicyclic amines) is 1. The highest BCUT2D eigenvalue weighted by Crippen LogP contribution is 2.32. The monoisotopic (exact) mass is 348 g/mol. The van der Waals surface area contributed by atoms with E-state index in [-0.39, 0.29) is 29.8 Å². The average molecular weight is 348 g/mol. The molecule has 1 aliphatic carbocycles. The van der Waals surface area contributed by atoms with Crippen molar-refractivity contribution >= 4 is 12.0 Å². The van der Waals surface area contributed by atoms with E-state index in [1.54, 1.807) is 34.9 Å². The van der Waals surface area contributed by atoms with Gasteiger partial charge < -0.3 is 14.5 Å². The first-order valence-electron chi connectivity index (χ1n) is 9.05. The zero-order valence-corrected chi connectivity index (χ0v) is 14.6. The van der Waals surface area contributed by atoms with Gasteiger partial charge in [-0.2, -0.15) is 0 Å². The third-order valence-electron chi connectivity index (χ3n) is 4.87. The van der Waals surface area contributed by atoms with Gasteiger partial charge in [0.15, 0.2) is 0 Å². The molecule has 1 saturated heterocycles. The Hall–Kier alpha value is -2.11. The van der Waals surface area contributed by atoms with Crippen LogP contribution in [0.5, 0.6) is 0 Å². The molecule has 2 fully saturated rings. The Morgan fingerprint density at radius 3 is 2.72 bits per heavy atom. The number of amides is 2. The van der Waals surface area contributed by atoms with Crippen molar-refractivity contribution in [2.24, 2.45) is 5.92 Å². The molecule has 0 spiro atoms. The van der Waals surface area contributed by atoms with Gasteiger partial charge >= 0.3 is 6.09 Å². The minimum Gasteiger partial charge on any atom is -0.450 e. The van der Waals surface area contributed by atoms with Crippen LogP contribution in [0.1, 0.15) is 38.2 Å². The number of carbonyl (C=O) groups excluding carboxylic acids is 2. The van der Waals surface area contributed by atoms with Crippen molar-refractivity contribution in [1.29, 1.82) is 0 Å². The Labute approximate surface area is 147 Å². The van der Waals surface area contributed by atoms with Crippen molar-refractivity contribution in [3.05, 3.63) is 35.6 Å². The third-order valence-corrected chi connectivity index (χ3v) is 4.87. The standard InChI is InChI=1S/C19H25FN2O3/c1-2-25-19(24)21-11-5-7-15(12-21)18(23)22(16-9-10-16)13-14-6-3-4-8-17(14)20/h3-4,6,8,15-16H,2,5,7,9-13H2,1H3. The fraction of sp³-hybridized carbons (Fsp3) is 0.579. The molecule has 0 bridgehead atoms. The van der Waals surface area contributed by atoms with Gasteiger partial charge in [-0.15, -0.1) is 0 Å². The summed E-state index contributed by atoms with van der Waals surface area (Å²) in [5.41, 5.74) is 0.542. The summed E-state index contributed by atoms with van der Waals surface area (Å²) >= 11 is 0. The van der Waals surface area contributed by atoms with Crippen LogP contribution in [-0.2, 0) is 16.1 Å². The first kappa shape index (κ1) is 17.7. The number of hydrogen-bond acceptors (Lipinski definition) is 3. The second kappa shape index (κ2) is 7.85. The first-order valence-corrected chi connectivity index (χ1v) is 9.05. The van der Waals surface area contributed by atoms with Crippen molar-refractivity contribution in [3.8, 4) is 0 Å². The summed E-state index contributed by atoms with van der Waals surface area (Å²) in [4.78, 5) is 28.4. The van der Waals surface area contributed by atoms with E-state index in [0.717, 1.165) is 25.7 Å². The quantitative estimate of drug-likeness (QED) is 0.821. The summed E-state index contributed by atoms with van der Waals surface area (Å²) in [5, 5.41) is 0. The second-order valence-electron chi connectivity index (χ2n) is 6.77. The van der Waals surface area contributed by atoms with Gasteiger partial charge in [0.1, 0.15) is 5.82 Å². The fourth-order valence-electron chi connectivity index (χ4n) is 3.38. The third kappa shape index (κ3) is 4.30. The molecule has 1 heterocycles. The Morgan fingerprint density at radius 2 is 2.04 bits per heavy atom.